The first-order valence-electron chi connectivity index (χ1n) is 8.79. The number of hydrogen-bond acceptors (Lipinski definition) is 5. The zero-order chi connectivity index (χ0) is 18.2. The number of rotatable bonds is 11. The average molecular weight is 349 g/mol. The smallest absolute Gasteiger partial charge is 0.303 e. The Kier molecular flexibility index (Phi) is 7.21. The van der Waals surface area contributed by atoms with E-state index in [0.29, 0.717) is 19.6 Å². The van der Waals surface area contributed by atoms with Crippen LogP contribution >= 0.6 is 0 Å². The maximum absolute atomic E-state index is 10.5. The molecular formula is C18H27N3O4. The SMILES string of the molecule is CCON(OCC)c1ccc2c(c1)nc(CCCCCC(=O)O)n2C. The topological polar surface area (TPSA) is 76.8 Å². The third kappa shape index (κ3) is 5.17. The molecule has 0 aliphatic rings. The number of aromatic nitrogens is 2. The zero-order valence-corrected chi connectivity index (χ0v) is 15.2. The molecule has 1 heterocycles. The maximum atomic E-state index is 10.5. The van der Waals surface area contributed by atoms with Gasteiger partial charge in [-0.25, -0.2) is 14.7 Å². The highest BCUT2D eigenvalue weighted by atomic mass is 16.9. The van der Waals surface area contributed by atoms with Gasteiger partial charge in [0, 0.05) is 19.9 Å². The fraction of sp³-hybridized carbons (Fsp3) is 0.556. The molecule has 1 aromatic carbocycles. The summed E-state index contributed by atoms with van der Waals surface area (Å²) in [6.45, 7) is 4.85. The Balaban J connectivity index is 2.08. The number of imidazole rings is 1. The Hall–Kier alpha value is -2.12. The molecule has 7 heteroatoms. The molecule has 0 aliphatic carbocycles. The lowest BCUT2D eigenvalue weighted by Crippen LogP contribution is -2.23. The van der Waals surface area contributed by atoms with Crippen LogP contribution in [0.5, 0.6) is 0 Å². The number of anilines is 1. The van der Waals surface area contributed by atoms with Crippen LogP contribution in [0.2, 0.25) is 0 Å². The Bertz CT molecular complexity index is 693. The molecule has 0 amide bonds. The highest BCUT2D eigenvalue weighted by Crippen LogP contribution is 2.24. The summed E-state index contributed by atoms with van der Waals surface area (Å²) in [6, 6.07) is 5.91. The summed E-state index contributed by atoms with van der Waals surface area (Å²) in [7, 11) is 2.00. The molecule has 7 nitrogen and oxygen atoms in total. The van der Waals surface area contributed by atoms with Crippen molar-refractivity contribution < 1.29 is 19.6 Å². The minimum absolute atomic E-state index is 0.233. The van der Waals surface area contributed by atoms with Crippen LogP contribution in [0.3, 0.4) is 0 Å². The van der Waals surface area contributed by atoms with Gasteiger partial charge < -0.3 is 9.67 Å². The van der Waals surface area contributed by atoms with E-state index in [4.69, 9.17) is 19.8 Å². The van der Waals surface area contributed by atoms with Gasteiger partial charge in [-0.05, 0) is 44.9 Å². The van der Waals surface area contributed by atoms with Crippen LogP contribution in [0.4, 0.5) is 5.69 Å². The summed E-state index contributed by atoms with van der Waals surface area (Å²) in [4.78, 5) is 26.2. The number of hydrogen-bond donors (Lipinski definition) is 1. The van der Waals surface area contributed by atoms with Crippen LogP contribution in [0.25, 0.3) is 11.0 Å². The molecule has 25 heavy (non-hydrogen) atoms. The lowest BCUT2D eigenvalue weighted by atomic mass is 10.1. The largest absolute Gasteiger partial charge is 0.481 e. The van der Waals surface area contributed by atoms with Crippen LogP contribution in [0.15, 0.2) is 18.2 Å². The molecule has 0 saturated heterocycles. The van der Waals surface area contributed by atoms with E-state index in [9.17, 15) is 4.79 Å². The van der Waals surface area contributed by atoms with Crippen LogP contribution in [0, 0.1) is 0 Å². The Labute approximate surface area is 148 Å². The van der Waals surface area contributed by atoms with E-state index in [2.05, 4.69) is 4.57 Å². The van der Waals surface area contributed by atoms with Crippen molar-refractivity contribution >= 4 is 22.7 Å². The number of unbranched alkanes of at least 4 members (excludes halogenated alkanes) is 2. The van der Waals surface area contributed by atoms with Crippen molar-refractivity contribution in [2.45, 2.75) is 46.0 Å². The van der Waals surface area contributed by atoms with Gasteiger partial charge in [0.05, 0.1) is 29.9 Å². The highest BCUT2D eigenvalue weighted by Gasteiger charge is 2.12. The van der Waals surface area contributed by atoms with Gasteiger partial charge in [-0.2, -0.15) is 0 Å². The van der Waals surface area contributed by atoms with E-state index in [-0.39, 0.29) is 6.42 Å². The van der Waals surface area contributed by atoms with Crippen LogP contribution in [-0.4, -0.2) is 33.8 Å². The number of carbonyl (C=O) groups is 1. The van der Waals surface area contributed by atoms with Gasteiger partial charge in [-0.15, -0.1) is 5.23 Å². The predicted octanol–water partition coefficient (Wildman–Crippen LogP) is 3.47. The van der Waals surface area contributed by atoms with E-state index < -0.39 is 5.97 Å². The number of benzene rings is 1. The van der Waals surface area contributed by atoms with Gasteiger partial charge in [0.25, 0.3) is 0 Å². The van der Waals surface area contributed by atoms with Crippen LogP contribution in [0.1, 0.15) is 45.4 Å². The minimum atomic E-state index is -0.733. The number of nitrogens with zero attached hydrogens (tertiary/aromatic N) is 3. The number of fused-ring (bicyclic) bond motifs is 1. The third-order valence-corrected chi connectivity index (χ3v) is 3.95. The molecule has 2 aromatic rings. The molecular weight excluding hydrogens is 322 g/mol. The quantitative estimate of drug-likeness (QED) is 0.494. The Morgan fingerprint density at radius 3 is 2.56 bits per heavy atom. The molecule has 0 saturated carbocycles. The lowest BCUT2D eigenvalue weighted by molar-refractivity contribution is -0.137. The molecule has 1 aromatic heterocycles. The summed E-state index contributed by atoms with van der Waals surface area (Å²) in [5, 5.41) is 10.1. The second-order valence-corrected chi connectivity index (χ2v) is 5.81. The molecule has 0 aliphatic heterocycles. The van der Waals surface area contributed by atoms with Crippen molar-refractivity contribution in [3.63, 3.8) is 0 Å². The first-order chi connectivity index (χ1) is 12.1. The summed E-state index contributed by atoms with van der Waals surface area (Å²) in [5.74, 6) is 0.269. The van der Waals surface area contributed by atoms with Gasteiger partial charge in [0.15, 0.2) is 0 Å². The van der Waals surface area contributed by atoms with E-state index >= 15 is 0 Å². The van der Waals surface area contributed by atoms with Crippen molar-refractivity contribution in [1.29, 1.82) is 0 Å². The summed E-state index contributed by atoms with van der Waals surface area (Å²) >= 11 is 0. The summed E-state index contributed by atoms with van der Waals surface area (Å²) in [6.07, 6.45) is 3.60. The van der Waals surface area contributed by atoms with Gasteiger partial charge in [-0.3, -0.25) is 4.79 Å². The predicted molar refractivity (Wildman–Crippen MR) is 96.3 cm³/mol. The van der Waals surface area contributed by atoms with Gasteiger partial charge >= 0.3 is 5.97 Å². The molecule has 0 atom stereocenters. The minimum Gasteiger partial charge on any atom is -0.481 e. The molecule has 1 N–H and O–H groups in total. The molecule has 0 spiro atoms. The lowest BCUT2D eigenvalue weighted by Gasteiger charge is -2.21. The Morgan fingerprint density at radius 2 is 1.92 bits per heavy atom. The molecule has 0 fully saturated rings. The van der Waals surface area contributed by atoms with Crippen molar-refractivity contribution in [3.8, 4) is 0 Å². The average Bonchev–Trinajstić information content (AvgIpc) is 2.89. The zero-order valence-electron chi connectivity index (χ0n) is 15.2. The highest BCUT2D eigenvalue weighted by molar-refractivity contribution is 5.80. The fourth-order valence-corrected chi connectivity index (χ4v) is 2.73. The summed E-state index contributed by atoms with van der Waals surface area (Å²) < 4.78 is 2.09. The van der Waals surface area contributed by atoms with E-state index in [1.807, 2.05) is 39.1 Å². The van der Waals surface area contributed by atoms with Crippen molar-refractivity contribution in [1.82, 2.24) is 9.55 Å². The number of carboxylic acid groups (broad SMARTS) is 1. The molecule has 138 valence electrons. The second kappa shape index (κ2) is 9.39. The molecule has 0 unspecified atom stereocenters. The van der Waals surface area contributed by atoms with Crippen molar-refractivity contribution in [3.05, 3.63) is 24.0 Å². The number of aryl methyl sites for hydroxylation is 2. The third-order valence-electron chi connectivity index (χ3n) is 3.95. The van der Waals surface area contributed by atoms with Crippen molar-refractivity contribution in [2.24, 2.45) is 7.05 Å². The van der Waals surface area contributed by atoms with Gasteiger partial charge in [0.2, 0.25) is 0 Å². The number of aliphatic carboxylic acids is 1. The standard InChI is InChI=1S/C18H27N3O4/c1-4-24-21(25-5-2)14-11-12-16-15(13-14)19-17(20(16)3)9-7-6-8-10-18(22)23/h11-13H,4-10H2,1-3H3,(H,22,23). The second-order valence-electron chi connectivity index (χ2n) is 5.81. The van der Waals surface area contributed by atoms with E-state index in [1.54, 1.807) is 0 Å². The molecule has 0 radical (unpaired) electrons. The fourth-order valence-electron chi connectivity index (χ4n) is 2.73. The monoisotopic (exact) mass is 349 g/mol. The molecule has 0 bridgehead atoms. The molecule has 2 rings (SSSR count). The first kappa shape index (κ1) is 19.2. The normalized spacial score (nSPS) is 11.2. The van der Waals surface area contributed by atoms with Crippen LogP contribution in [-0.2, 0) is 27.9 Å². The summed E-state index contributed by atoms with van der Waals surface area (Å²) in [5.41, 5.74) is 2.75. The van der Waals surface area contributed by atoms with E-state index in [0.717, 1.165) is 41.8 Å². The number of carboxylic acids is 1. The van der Waals surface area contributed by atoms with Gasteiger partial charge in [0.1, 0.15) is 5.82 Å². The van der Waals surface area contributed by atoms with Gasteiger partial charge in [-0.1, -0.05) is 6.42 Å². The maximum Gasteiger partial charge on any atom is 0.303 e. The van der Waals surface area contributed by atoms with Crippen molar-refractivity contribution in [2.75, 3.05) is 18.4 Å². The van der Waals surface area contributed by atoms with E-state index in [1.165, 1.54) is 5.23 Å². The first-order valence-corrected chi connectivity index (χ1v) is 8.79. The van der Waals surface area contributed by atoms with Crippen LogP contribution < -0.4 is 5.23 Å². The Morgan fingerprint density at radius 1 is 1.20 bits per heavy atom.